The van der Waals surface area contributed by atoms with Crippen LogP contribution < -0.4 is 5.43 Å². The summed E-state index contributed by atoms with van der Waals surface area (Å²) >= 11 is 1.35. The fourth-order valence-corrected chi connectivity index (χ4v) is 6.97. The Morgan fingerprint density at radius 1 is 0.786 bits per heavy atom. The Bertz CT molecular complexity index is 1300. The van der Waals surface area contributed by atoms with E-state index in [1.54, 1.807) is 18.2 Å². The molecule has 0 saturated carbocycles. The highest BCUT2D eigenvalue weighted by Crippen LogP contribution is 2.39. The van der Waals surface area contributed by atoms with Crippen LogP contribution in [0.5, 0.6) is 0 Å². The van der Waals surface area contributed by atoms with Crippen molar-refractivity contribution in [3.8, 4) is 0 Å². The minimum Gasteiger partial charge on any atom is -0.475 e. The van der Waals surface area contributed by atoms with Crippen LogP contribution in [-0.4, -0.2) is 21.1 Å². The Balaban J connectivity index is 1.52. The normalized spacial score (nSPS) is 12.9. The summed E-state index contributed by atoms with van der Waals surface area (Å²) in [6, 6.07) is 14.5. The van der Waals surface area contributed by atoms with E-state index in [0.29, 0.717) is 18.2 Å². The van der Waals surface area contributed by atoms with Crippen LogP contribution in [0.15, 0.2) is 62.6 Å². The zero-order valence-corrected chi connectivity index (χ0v) is 26.5. The number of benzene rings is 2. The van der Waals surface area contributed by atoms with Crippen molar-refractivity contribution >= 4 is 28.7 Å². The molecular formula is C36H50O5S. The van der Waals surface area contributed by atoms with Crippen LogP contribution in [0.1, 0.15) is 132 Å². The zero-order valence-electron chi connectivity index (χ0n) is 25.7. The van der Waals surface area contributed by atoms with E-state index >= 15 is 0 Å². The van der Waals surface area contributed by atoms with Gasteiger partial charge in [-0.2, -0.15) is 0 Å². The van der Waals surface area contributed by atoms with Gasteiger partial charge in [-0.05, 0) is 48.6 Å². The van der Waals surface area contributed by atoms with Crippen LogP contribution in [-0.2, 0) is 12.8 Å². The van der Waals surface area contributed by atoms with Gasteiger partial charge in [0.15, 0.2) is 5.43 Å². The van der Waals surface area contributed by atoms with E-state index in [-0.39, 0.29) is 11.3 Å². The maximum atomic E-state index is 12.3. The number of aromatic carboxylic acids is 1. The van der Waals surface area contributed by atoms with Gasteiger partial charge >= 0.3 is 5.97 Å². The summed E-state index contributed by atoms with van der Waals surface area (Å²) < 4.78 is 5.47. The molecule has 0 fully saturated rings. The molecule has 0 aliphatic carbocycles. The van der Waals surface area contributed by atoms with Gasteiger partial charge in [0.05, 0.1) is 5.39 Å². The third-order valence-corrected chi connectivity index (χ3v) is 9.21. The van der Waals surface area contributed by atoms with Crippen LogP contribution in [0.3, 0.4) is 0 Å². The largest absolute Gasteiger partial charge is 0.475 e. The molecule has 0 amide bonds. The van der Waals surface area contributed by atoms with Gasteiger partial charge < -0.3 is 14.6 Å². The average molecular weight is 595 g/mol. The van der Waals surface area contributed by atoms with Gasteiger partial charge in [0.1, 0.15) is 10.5 Å². The van der Waals surface area contributed by atoms with E-state index in [9.17, 15) is 19.8 Å². The molecule has 1 aromatic heterocycles. The van der Waals surface area contributed by atoms with Gasteiger partial charge in [-0.15, -0.1) is 0 Å². The van der Waals surface area contributed by atoms with Crippen molar-refractivity contribution < 1.29 is 19.4 Å². The van der Waals surface area contributed by atoms with Crippen molar-refractivity contribution in [3.63, 3.8) is 0 Å². The Hall–Kier alpha value is -2.57. The molecule has 42 heavy (non-hydrogen) atoms. The standard InChI is InChI=1S/C36H50O5S/c1-3-5-6-7-8-9-10-11-12-13-14-15-16-19-28-20-17-18-21-29(28)27-36(40,24-4-2)42-30-22-23-31-32(37)26-34(35(38)39)41-33(31)25-30/h17-18,20-23,25-26,40H,3-16,19,24,27H2,1-2H3,(H,38,39)/t36-/m1/s1. The first kappa shape index (κ1) is 33.9. The number of thioether (sulfide) groups is 1. The lowest BCUT2D eigenvalue weighted by molar-refractivity contribution is 0.0663. The van der Waals surface area contributed by atoms with Crippen molar-refractivity contribution in [1.29, 1.82) is 0 Å². The molecular weight excluding hydrogens is 544 g/mol. The van der Waals surface area contributed by atoms with E-state index in [0.717, 1.165) is 30.2 Å². The minimum atomic E-state index is -1.28. The van der Waals surface area contributed by atoms with E-state index < -0.39 is 16.3 Å². The summed E-state index contributed by atoms with van der Waals surface area (Å²) in [4.78, 5) is 23.4. The van der Waals surface area contributed by atoms with Crippen LogP contribution in [0.25, 0.3) is 11.0 Å². The van der Waals surface area contributed by atoms with E-state index in [2.05, 4.69) is 32.0 Å². The van der Waals surface area contributed by atoms with Gasteiger partial charge in [-0.25, -0.2) is 4.79 Å². The number of aryl methyl sites for hydroxylation is 1. The van der Waals surface area contributed by atoms with Crippen LogP contribution in [0.4, 0.5) is 0 Å². The first-order chi connectivity index (χ1) is 20.3. The molecule has 6 heteroatoms. The maximum absolute atomic E-state index is 12.3. The Kier molecular flexibility index (Phi) is 14.7. The highest BCUT2D eigenvalue weighted by atomic mass is 32.2. The quantitative estimate of drug-likeness (QED) is 0.0725. The Morgan fingerprint density at radius 3 is 1.98 bits per heavy atom. The minimum absolute atomic E-state index is 0.214. The van der Waals surface area contributed by atoms with Crippen molar-refractivity contribution in [2.45, 2.75) is 133 Å². The smallest absolute Gasteiger partial charge is 0.371 e. The Labute approximate surface area is 256 Å². The topological polar surface area (TPSA) is 87.7 Å². The Morgan fingerprint density at radius 2 is 1.38 bits per heavy atom. The van der Waals surface area contributed by atoms with Gasteiger partial charge in [-0.1, -0.05) is 133 Å². The number of hydrogen-bond acceptors (Lipinski definition) is 5. The molecule has 0 aliphatic rings. The summed E-state index contributed by atoms with van der Waals surface area (Å²) in [5, 5.41) is 21.4. The first-order valence-corrected chi connectivity index (χ1v) is 17.0. The van der Waals surface area contributed by atoms with Crippen molar-refractivity contribution in [2.24, 2.45) is 0 Å². The molecule has 230 valence electrons. The second-order valence-electron chi connectivity index (χ2n) is 11.7. The van der Waals surface area contributed by atoms with Crippen LogP contribution in [0, 0.1) is 0 Å². The molecule has 1 atom stereocenters. The number of carboxylic acids is 1. The van der Waals surface area contributed by atoms with Gasteiger partial charge in [0, 0.05) is 17.4 Å². The summed E-state index contributed by atoms with van der Waals surface area (Å²) in [6.45, 7) is 4.33. The van der Waals surface area contributed by atoms with Crippen molar-refractivity contribution in [3.05, 3.63) is 75.6 Å². The van der Waals surface area contributed by atoms with E-state index in [1.165, 1.54) is 99.9 Å². The molecule has 0 bridgehead atoms. The first-order valence-electron chi connectivity index (χ1n) is 16.1. The highest BCUT2D eigenvalue weighted by molar-refractivity contribution is 8.00. The summed E-state index contributed by atoms with van der Waals surface area (Å²) in [5.74, 6) is -1.67. The van der Waals surface area contributed by atoms with Crippen LogP contribution in [0.2, 0.25) is 0 Å². The maximum Gasteiger partial charge on any atom is 0.371 e. The molecule has 3 aromatic rings. The second-order valence-corrected chi connectivity index (χ2v) is 13.1. The number of unbranched alkanes of at least 4 members (excludes halogenated alkanes) is 12. The average Bonchev–Trinajstić information content (AvgIpc) is 2.96. The SMILES string of the molecule is CCCCCCCCCCCCCCCc1ccccc1C[C@@](O)(CCC)Sc1ccc2c(=O)cc(C(=O)O)oc2c1. The third kappa shape index (κ3) is 11.3. The molecule has 5 nitrogen and oxygen atoms in total. The number of carboxylic acid groups (broad SMARTS) is 1. The molecule has 1 heterocycles. The molecule has 0 spiro atoms. The second kappa shape index (κ2) is 18.2. The molecule has 0 aliphatic heterocycles. The summed E-state index contributed by atoms with van der Waals surface area (Å²) in [6.07, 6.45) is 20.4. The van der Waals surface area contributed by atoms with Crippen LogP contribution >= 0.6 is 11.8 Å². The van der Waals surface area contributed by atoms with Crippen molar-refractivity contribution in [1.82, 2.24) is 0 Å². The fraction of sp³-hybridized carbons (Fsp3) is 0.556. The van der Waals surface area contributed by atoms with Gasteiger partial charge in [0.25, 0.3) is 0 Å². The lowest BCUT2D eigenvalue weighted by Crippen LogP contribution is -2.27. The third-order valence-electron chi connectivity index (χ3n) is 7.99. The molecule has 0 unspecified atom stereocenters. The lowest BCUT2D eigenvalue weighted by atomic mass is 9.95. The molecule has 3 rings (SSSR count). The van der Waals surface area contributed by atoms with Crippen molar-refractivity contribution in [2.75, 3.05) is 0 Å². The number of carbonyl (C=O) groups is 1. The predicted octanol–water partition coefficient (Wildman–Crippen LogP) is 9.95. The summed E-state index contributed by atoms with van der Waals surface area (Å²) in [5.41, 5.74) is 2.29. The summed E-state index contributed by atoms with van der Waals surface area (Å²) in [7, 11) is 0. The predicted molar refractivity (Wildman–Crippen MR) is 175 cm³/mol. The molecule has 0 saturated heterocycles. The zero-order chi connectivity index (χ0) is 30.2. The highest BCUT2D eigenvalue weighted by Gasteiger charge is 2.29. The number of rotatable bonds is 21. The number of fused-ring (bicyclic) bond motifs is 1. The molecule has 2 aromatic carbocycles. The van der Waals surface area contributed by atoms with E-state index in [1.807, 2.05) is 6.07 Å². The number of hydrogen-bond donors (Lipinski definition) is 2. The monoisotopic (exact) mass is 594 g/mol. The van der Waals surface area contributed by atoms with Gasteiger partial charge in [0.2, 0.25) is 5.76 Å². The van der Waals surface area contributed by atoms with E-state index in [4.69, 9.17) is 4.42 Å². The number of aliphatic hydroxyl groups is 1. The lowest BCUT2D eigenvalue weighted by Gasteiger charge is -2.28. The molecule has 2 N–H and O–H groups in total. The van der Waals surface area contributed by atoms with Gasteiger partial charge in [-0.3, -0.25) is 4.79 Å². The molecule has 0 radical (unpaired) electrons. The fourth-order valence-electron chi connectivity index (χ4n) is 5.69.